The summed E-state index contributed by atoms with van der Waals surface area (Å²) in [6.07, 6.45) is 0. The lowest BCUT2D eigenvalue weighted by molar-refractivity contribution is -0.119. The summed E-state index contributed by atoms with van der Waals surface area (Å²) in [5.74, 6) is -0.00464. The minimum absolute atomic E-state index is 0.00464. The molecule has 0 unspecified atom stereocenters. The van der Waals surface area contributed by atoms with Gasteiger partial charge in [0.05, 0.1) is 5.41 Å². The number of carbonyl (C=O) groups excluding carboxylic acids is 1. The first-order valence-electron chi connectivity index (χ1n) is 7.55. The van der Waals surface area contributed by atoms with E-state index >= 15 is 0 Å². The molecule has 0 aliphatic rings. The van der Waals surface area contributed by atoms with Crippen molar-refractivity contribution in [3.8, 4) is 0 Å². The highest BCUT2D eigenvalue weighted by atomic mass is 16.1. The molecule has 0 heterocycles. The number of likely N-dealkylation sites (N-methyl/N-ethyl adjacent to an activating group) is 1. The van der Waals surface area contributed by atoms with Crippen molar-refractivity contribution in [3.63, 3.8) is 0 Å². The second kappa shape index (κ2) is 7.23. The first-order chi connectivity index (χ1) is 10.5. The molecule has 1 amide bonds. The standard InChI is InChI=1S/C19H24N2O/c1-16(22)20-14-19(15-21(2)3,17-10-6-4-7-11-17)18-12-8-5-9-13-18/h4-13H,14-15H2,1-3H3,(H,20,22). The lowest BCUT2D eigenvalue weighted by Crippen LogP contribution is -2.47. The van der Waals surface area contributed by atoms with Gasteiger partial charge in [0.25, 0.3) is 0 Å². The van der Waals surface area contributed by atoms with Crippen molar-refractivity contribution in [1.29, 1.82) is 0 Å². The average Bonchev–Trinajstić information content (AvgIpc) is 2.53. The largest absolute Gasteiger partial charge is 0.355 e. The molecule has 0 fully saturated rings. The molecule has 2 aromatic carbocycles. The first kappa shape index (κ1) is 16.2. The van der Waals surface area contributed by atoms with Crippen molar-refractivity contribution in [2.75, 3.05) is 27.2 Å². The van der Waals surface area contributed by atoms with Crippen LogP contribution < -0.4 is 5.32 Å². The van der Waals surface area contributed by atoms with Crippen LogP contribution >= 0.6 is 0 Å². The summed E-state index contributed by atoms with van der Waals surface area (Å²) in [4.78, 5) is 13.7. The van der Waals surface area contributed by atoms with Gasteiger partial charge in [0.2, 0.25) is 5.91 Å². The summed E-state index contributed by atoms with van der Waals surface area (Å²) in [5.41, 5.74) is 2.16. The molecule has 2 aromatic rings. The zero-order valence-corrected chi connectivity index (χ0v) is 13.5. The van der Waals surface area contributed by atoms with Crippen LogP contribution in [0, 0.1) is 0 Å². The minimum Gasteiger partial charge on any atom is -0.355 e. The molecule has 3 nitrogen and oxygen atoms in total. The molecule has 0 aromatic heterocycles. The number of nitrogens with one attached hydrogen (secondary N) is 1. The van der Waals surface area contributed by atoms with Crippen LogP contribution in [0.4, 0.5) is 0 Å². The van der Waals surface area contributed by atoms with Crippen molar-refractivity contribution in [3.05, 3.63) is 71.8 Å². The average molecular weight is 296 g/mol. The van der Waals surface area contributed by atoms with E-state index in [4.69, 9.17) is 0 Å². The number of hydrogen-bond donors (Lipinski definition) is 1. The van der Waals surface area contributed by atoms with E-state index in [0.29, 0.717) is 6.54 Å². The number of benzene rings is 2. The molecular weight excluding hydrogens is 272 g/mol. The minimum atomic E-state index is -0.266. The summed E-state index contributed by atoms with van der Waals surface area (Å²) in [5, 5.41) is 3.02. The van der Waals surface area contributed by atoms with Gasteiger partial charge in [0.15, 0.2) is 0 Å². The molecule has 1 N–H and O–H groups in total. The second-order valence-electron chi connectivity index (χ2n) is 5.96. The van der Waals surface area contributed by atoms with Crippen molar-refractivity contribution in [2.45, 2.75) is 12.3 Å². The smallest absolute Gasteiger partial charge is 0.216 e. The molecule has 0 saturated carbocycles. The molecule has 22 heavy (non-hydrogen) atoms. The third-order valence-electron chi connectivity index (χ3n) is 3.88. The normalized spacial score (nSPS) is 11.5. The number of hydrogen-bond acceptors (Lipinski definition) is 2. The summed E-state index contributed by atoms with van der Waals surface area (Å²) in [6, 6.07) is 20.8. The van der Waals surface area contributed by atoms with Crippen LogP contribution in [0.2, 0.25) is 0 Å². The molecule has 0 radical (unpaired) electrons. The van der Waals surface area contributed by atoms with E-state index in [2.05, 4.69) is 72.8 Å². The molecule has 0 saturated heterocycles. The Bertz CT molecular complexity index is 554. The molecule has 3 heteroatoms. The Hall–Kier alpha value is -2.13. The van der Waals surface area contributed by atoms with E-state index in [1.807, 2.05) is 12.1 Å². The lowest BCUT2D eigenvalue weighted by Gasteiger charge is -2.37. The zero-order chi connectivity index (χ0) is 16.0. The molecule has 0 spiro atoms. The van der Waals surface area contributed by atoms with Crippen LogP contribution in [-0.2, 0) is 10.2 Å². The van der Waals surface area contributed by atoms with Gasteiger partial charge in [-0.15, -0.1) is 0 Å². The molecule has 0 atom stereocenters. The van der Waals surface area contributed by atoms with E-state index < -0.39 is 0 Å². The van der Waals surface area contributed by atoms with Gasteiger partial charge in [0, 0.05) is 20.0 Å². The molecular formula is C19H24N2O. The van der Waals surface area contributed by atoms with Crippen LogP contribution in [0.25, 0.3) is 0 Å². The van der Waals surface area contributed by atoms with E-state index in [1.165, 1.54) is 11.1 Å². The van der Waals surface area contributed by atoms with Crippen molar-refractivity contribution < 1.29 is 4.79 Å². The van der Waals surface area contributed by atoms with Gasteiger partial charge in [-0.25, -0.2) is 0 Å². The molecule has 0 aliphatic carbocycles. The predicted molar refractivity (Wildman–Crippen MR) is 90.9 cm³/mol. The summed E-state index contributed by atoms with van der Waals surface area (Å²) in [7, 11) is 4.13. The number of nitrogens with zero attached hydrogens (tertiary/aromatic N) is 1. The van der Waals surface area contributed by atoms with Crippen LogP contribution in [0.15, 0.2) is 60.7 Å². The molecule has 0 aliphatic heterocycles. The highest BCUT2D eigenvalue weighted by molar-refractivity contribution is 5.73. The van der Waals surface area contributed by atoms with Gasteiger partial charge in [-0.1, -0.05) is 60.7 Å². The summed E-state index contributed by atoms with van der Waals surface area (Å²) < 4.78 is 0. The van der Waals surface area contributed by atoms with Crippen molar-refractivity contribution >= 4 is 5.91 Å². The summed E-state index contributed by atoms with van der Waals surface area (Å²) in [6.45, 7) is 2.96. The number of amides is 1. The van der Waals surface area contributed by atoms with E-state index in [-0.39, 0.29) is 11.3 Å². The Morgan fingerprint density at radius 2 is 1.41 bits per heavy atom. The first-order valence-corrected chi connectivity index (χ1v) is 7.55. The Morgan fingerprint density at radius 3 is 1.77 bits per heavy atom. The van der Waals surface area contributed by atoms with Gasteiger partial charge >= 0.3 is 0 Å². The molecule has 116 valence electrons. The number of carbonyl (C=O) groups is 1. The fourth-order valence-corrected chi connectivity index (χ4v) is 2.94. The molecule has 2 rings (SSSR count). The second-order valence-corrected chi connectivity index (χ2v) is 5.96. The van der Waals surface area contributed by atoms with Crippen molar-refractivity contribution in [2.24, 2.45) is 0 Å². The Kier molecular flexibility index (Phi) is 5.34. The Labute approximate surface area is 133 Å². The molecule has 0 bridgehead atoms. The lowest BCUT2D eigenvalue weighted by atomic mass is 9.74. The quantitative estimate of drug-likeness (QED) is 0.889. The maximum absolute atomic E-state index is 11.5. The highest BCUT2D eigenvalue weighted by Crippen LogP contribution is 2.32. The van der Waals surface area contributed by atoms with E-state index in [0.717, 1.165) is 6.54 Å². The fourth-order valence-electron chi connectivity index (χ4n) is 2.94. The third kappa shape index (κ3) is 3.74. The highest BCUT2D eigenvalue weighted by Gasteiger charge is 2.35. The fraction of sp³-hybridized carbons (Fsp3) is 0.316. The van der Waals surface area contributed by atoms with Gasteiger partial charge in [0.1, 0.15) is 0 Å². The van der Waals surface area contributed by atoms with Crippen LogP contribution in [0.1, 0.15) is 18.1 Å². The maximum Gasteiger partial charge on any atom is 0.216 e. The van der Waals surface area contributed by atoms with E-state index in [1.54, 1.807) is 6.92 Å². The Morgan fingerprint density at radius 1 is 0.955 bits per heavy atom. The van der Waals surface area contributed by atoms with Crippen LogP contribution in [0.3, 0.4) is 0 Å². The SMILES string of the molecule is CC(=O)NCC(CN(C)C)(c1ccccc1)c1ccccc1. The Balaban J connectivity index is 2.55. The van der Waals surface area contributed by atoms with Gasteiger partial charge in [-0.05, 0) is 25.2 Å². The van der Waals surface area contributed by atoms with Gasteiger partial charge in [-0.3, -0.25) is 4.79 Å². The maximum atomic E-state index is 11.5. The van der Waals surface area contributed by atoms with E-state index in [9.17, 15) is 4.79 Å². The van der Waals surface area contributed by atoms with Gasteiger partial charge in [-0.2, -0.15) is 0 Å². The van der Waals surface area contributed by atoms with Crippen LogP contribution in [0.5, 0.6) is 0 Å². The van der Waals surface area contributed by atoms with Crippen LogP contribution in [-0.4, -0.2) is 38.0 Å². The van der Waals surface area contributed by atoms with Crippen molar-refractivity contribution in [1.82, 2.24) is 10.2 Å². The topological polar surface area (TPSA) is 32.3 Å². The monoisotopic (exact) mass is 296 g/mol. The zero-order valence-electron chi connectivity index (χ0n) is 13.5. The third-order valence-corrected chi connectivity index (χ3v) is 3.88. The number of rotatable bonds is 6. The predicted octanol–water partition coefficient (Wildman–Crippen LogP) is 2.67. The summed E-state index contributed by atoms with van der Waals surface area (Å²) >= 11 is 0. The van der Waals surface area contributed by atoms with Gasteiger partial charge < -0.3 is 10.2 Å².